The van der Waals surface area contributed by atoms with E-state index in [9.17, 15) is 5.26 Å². The van der Waals surface area contributed by atoms with Gasteiger partial charge in [-0.2, -0.15) is 5.26 Å². The zero-order valence-electron chi connectivity index (χ0n) is 30.7. The van der Waals surface area contributed by atoms with Crippen molar-refractivity contribution in [1.82, 2.24) is 15.0 Å². The molecular formula is C51H40N4. The zero-order chi connectivity index (χ0) is 36.5. The summed E-state index contributed by atoms with van der Waals surface area (Å²) in [6.07, 6.45) is 8.48. The fourth-order valence-corrected chi connectivity index (χ4v) is 11.2. The molecule has 0 saturated heterocycles. The number of hydrogen-bond donors (Lipinski definition) is 0. The maximum atomic E-state index is 9.80. The number of hydrogen-bond acceptors (Lipinski definition) is 4. The summed E-state index contributed by atoms with van der Waals surface area (Å²) in [5.74, 6) is 4.71. The Morgan fingerprint density at radius 3 is 1.69 bits per heavy atom. The Labute approximate surface area is 322 Å². The number of rotatable bonds is 6. The maximum absolute atomic E-state index is 9.80. The van der Waals surface area contributed by atoms with Crippen LogP contribution < -0.4 is 0 Å². The number of nitrogens with zero attached hydrogens (tertiary/aromatic N) is 4. The smallest absolute Gasteiger partial charge is 0.164 e. The maximum Gasteiger partial charge on any atom is 0.164 e. The van der Waals surface area contributed by atoms with Gasteiger partial charge in [0, 0.05) is 22.6 Å². The van der Waals surface area contributed by atoms with Crippen LogP contribution in [0.15, 0.2) is 146 Å². The molecule has 0 radical (unpaired) electrons. The van der Waals surface area contributed by atoms with Crippen LogP contribution in [-0.4, -0.2) is 15.0 Å². The van der Waals surface area contributed by atoms with Crippen LogP contribution in [-0.2, 0) is 5.41 Å². The Morgan fingerprint density at radius 2 is 1.02 bits per heavy atom. The van der Waals surface area contributed by atoms with Crippen LogP contribution in [0.25, 0.3) is 56.4 Å². The highest BCUT2D eigenvalue weighted by Gasteiger charge is 2.51. The summed E-state index contributed by atoms with van der Waals surface area (Å²) in [6, 6.07) is 53.9. The molecule has 0 spiro atoms. The standard InChI is InChI=1S/C51H40N4/c52-31-32-15-21-42-43-22-18-39(27-46(43)47(45(42)26-32)37-9-3-1-4-10-37)49-53-48(38-11-5-2-6-12-38)54-50(55-49)44-14-8-7-13-41(44)36-16-19-40(20-17-36)51-28-33-23-34(29-51)25-35(24-33)30-51/h1-22,26-27,33-35,47H,23-25,28-30H2. The minimum absolute atomic E-state index is 0.00326. The normalized spacial score (nSPS) is 22.9. The van der Waals surface area contributed by atoms with Crippen molar-refractivity contribution in [3.05, 3.63) is 173 Å². The first-order valence-corrected chi connectivity index (χ1v) is 19.9. The Bertz CT molecular complexity index is 2600. The van der Waals surface area contributed by atoms with Crippen molar-refractivity contribution >= 4 is 0 Å². The first-order valence-electron chi connectivity index (χ1n) is 19.9. The van der Waals surface area contributed by atoms with E-state index in [1.807, 2.05) is 30.3 Å². The van der Waals surface area contributed by atoms with E-state index in [1.165, 1.54) is 71.9 Å². The summed E-state index contributed by atoms with van der Waals surface area (Å²) in [6.45, 7) is 0. The average Bonchev–Trinajstić information content (AvgIpc) is 3.56. The molecule has 4 saturated carbocycles. The number of aromatic nitrogens is 3. The van der Waals surface area contributed by atoms with E-state index >= 15 is 0 Å². The van der Waals surface area contributed by atoms with E-state index in [1.54, 1.807) is 0 Å². The van der Waals surface area contributed by atoms with Crippen LogP contribution in [0, 0.1) is 29.1 Å². The van der Waals surface area contributed by atoms with Crippen molar-refractivity contribution in [2.75, 3.05) is 0 Å². The minimum atomic E-state index is -0.00326. The van der Waals surface area contributed by atoms with Gasteiger partial charge >= 0.3 is 0 Å². The van der Waals surface area contributed by atoms with Crippen LogP contribution in [0.4, 0.5) is 0 Å². The molecule has 1 heterocycles. The summed E-state index contributed by atoms with van der Waals surface area (Å²) < 4.78 is 0. The summed E-state index contributed by atoms with van der Waals surface area (Å²) in [5, 5.41) is 9.80. The lowest BCUT2D eigenvalue weighted by Gasteiger charge is -2.57. The molecule has 4 bridgehead atoms. The van der Waals surface area contributed by atoms with E-state index in [4.69, 9.17) is 15.0 Å². The molecule has 1 aromatic heterocycles. The summed E-state index contributed by atoms with van der Waals surface area (Å²) >= 11 is 0. The molecule has 1 unspecified atom stereocenters. The van der Waals surface area contributed by atoms with E-state index in [2.05, 4.69) is 121 Å². The van der Waals surface area contributed by atoms with Crippen molar-refractivity contribution in [3.8, 4) is 62.5 Å². The molecule has 12 rings (SSSR count). The second-order valence-electron chi connectivity index (χ2n) is 16.6. The molecule has 55 heavy (non-hydrogen) atoms. The van der Waals surface area contributed by atoms with Gasteiger partial charge in [0.25, 0.3) is 0 Å². The molecule has 4 heteroatoms. The summed E-state index contributed by atoms with van der Waals surface area (Å²) in [4.78, 5) is 15.6. The molecule has 0 amide bonds. The molecule has 7 aromatic rings. The second kappa shape index (κ2) is 12.7. The predicted octanol–water partition coefficient (Wildman–Crippen LogP) is 12.0. The van der Waals surface area contributed by atoms with Crippen molar-refractivity contribution in [2.24, 2.45) is 17.8 Å². The van der Waals surface area contributed by atoms with E-state index in [-0.39, 0.29) is 5.92 Å². The Morgan fingerprint density at radius 1 is 0.473 bits per heavy atom. The molecule has 1 atom stereocenters. The molecule has 5 aliphatic rings. The van der Waals surface area contributed by atoms with Crippen LogP contribution in [0.2, 0.25) is 0 Å². The third-order valence-electron chi connectivity index (χ3n) is 13.2. The fourth-order valence-electron chi connectivity index (χ4n) is 11.2. The Balaban J connectivity index is 1.02. The van der Waals surface area contributed by atoms with Gasteiger partial charge in [-0.25, -0.2) is 15.0 Å². The van der Waals surface area contributed by atoms with Crippen LogP contribution in [0.5, 0.6) is 0 Å². The average molecular weight is 709 g/mol. The highest BCUT2D eigenvalue weighted by Crippen LogP contribution is 2.61. The van der Waals surface area contributed by atoms with Gasteiger partial charge in [0.05, 0.1) is 11.6 Å². The lowest BCUT2D eigenvalue weighted by atomic mass is 9.48. The van der Waals surface area contributed by atoms with Crippen LogP contribution in [0.1, 0.15) is 72.3 Å². The lowest BCUT2D eigenvalue weighted by molar-refractivity contribution is -0.00518. The SMILES string of the molecule is N#Cc1ccc2c(c1)C(c1ccccc1)c1cc(-c3nc(-c4ccccc4)nc(-c4ccccc4-c4ccc(C56CC7CC(CC(C7)C5)C6)cc4)n3)ccc1-2. The van der Waals surface area contributed by atoms with E-state index in [0.717, 1.165) is 45.6 Å². The predicted molar refractivity (Wildman–Crippen MR) is 219 cm³/mol. The molecule has 5 aliphatic carbocycles. The molecule has 264 valence electrons. The minimum Gasteiger partial charge on any atom is -0.208 e. The molecule has 6 aromatic carbocycles. The third-order valence-corrected chi connectivity index (χ3v) is 13.2. The van der Waals surface area contributed by atoms with Gasteiger partial charge in [-0.05, 0) is 124 Å². The topological polar surface area (TPSA) is 62.5 Å². The molecule has 0 N–H and O–H groups in total. The molecular weight excluding hydrogens is 669 g/mol. The first kappa shape index (κ1) is 32.3. The van der Waals surface area contributed by atoms with Crippen molar-refractivity contribution < 1.29 is 0 Å². The van der Waals surface area contributed by atoms with Gasteiger partial charge in [-0.3, -0.25) is 0 Å². The quantitative estimate of drug-likeness (QED) is 0.172. The third kappa shape index (κ3) is 5.44. The first-order chi connectivity index (χ1) is 27.1. The Kier molecular flexibility index (Phi) is 7.46. The van der Waals surface area contributed by atoms with Crippen LogP contribution in [0.3, 0.4) is 0 Å². The Hall–Kier alpha value is -6.18. The van der Waals surface area contributed by atoms with Gasteiger partial charge in [-0.1, -0.05) is 127 Å². The lowest BCUT2D eigenvalue weighted by Crippen LogP contribution is -2.48. The van der Waals surface area contributed by atoms with E-state index < -0.39 is 0 Å². The highest BCUT2D eigenvalue weighted by atomic mass is 15.0. The molecule has 0 aliphatic heterocycles. The highest BCUT2D eigenvalue weighted by molar-refractivity contribution is 5.85. The van der Waals surface area contributed by atoms with Crippen molar-refractivity contribution in [1.29, 1.82) is 5.26 Å². The fraction of sp³-hybridized carbons (Fsp3) is 0.216. The molecule has 4 fully saturated rings. The van der Waals surface area contributed by atoms with Gasteiger partial charge in [0.15, 0.2) is 17.5 Å². The molecule has 4 nitrogen and oxygen atoms in total. The van der Waals surface area contributed by atoms with Crippen molar-refractivity contribution in [2.45, 2.75) is 49.9 Å². The van der Waals surface area contributed by atoms with Gasteiger partial charge in [0.2, 0.25) is 0 Å². The van der Waals surface area contributed by atoms with Gasteiger partial charge in [-0.15, -0.1) is 0 Å². The van der Waals surface area contributed by atoms with Gasteiger partial charge < -0.3 is 0 Å². The largest absolute Gasteiger partial charge is 0.208 e. The number of fused-ring (bicyclic) bond motifs is 3. The van der Waals surface area contributed by atoms with Gasteiger partial charge in [0.1, 0.15) is 0 Å². The van der Waals surface area contributed by atoms with E-state index in [0.29, 0.717) is 28.5 Å². The second-order valence-corrected chi connectivity index (χ2v) is 16.6. The summed E-state index contributed by atoms with van der Waals surface area (Å²) in [5.41, 5.74) is 13.6. The number of nitriles is 1. The summed E-state index contributed by atoms with van der Waals surface area (Å²) in [7, 11) is 0. The monoisotopic (exact) mass is 708 g/mol. The zero-order valence-corrected chi connectivity index (χ0v) is 30.7. The number of benzene rings is 6. The van der Waals surface area contributed by atoms with Crippen molar-refractivity contribution in [3.63, 3.8) is 0 Å². The van der Waals surface area contributed by atoms with Crippen LogP contribution >= 0.6 is 0 Å².